The van der Waals surface area contributed by atoms with Crippen LogP contribution in [0.4, 0.5) is 5.69 Å². The first-order chi connectivity index (χ1) is 11.0. The highest BCUT2D eigenvalue weighted by Crippen LogP contribution is 2.31. The highest BCUT2D eigenvalue weighted by atomic mass is 15.0. The number of nitrogens with two attached hydrogens (primary N) is 1. The van der Waals surface area contributed by atoms with Crippen molar-refractivity contribution in [1.29, 1.82) is 5.41 Å². The zero-order chi connectivity index (χ0) is 16.4. The minimum absolute atomic E-state index is 0.0549. The lowest BCUT2D eigenvalue weighted by Crippen LogP contribution is -2.20. The molecule has 0 aliphatic rings. The molecule has 0 bridgehead atoms. The molecule has 0 aliphatic carbocycles. The summed E-state index contributed by atoms with van der Waals surface area (Å²) in [6, 6.07) is 21.9. The molecular formula is C20H20N3. The van der Waals surface area contributed by atoms with Crippen LogP contribution in [0.15, 0.2) is 54.6 Å². The van der Waals surface area contributed by atoms with Crippen LogP contribution < -0.4 is 11.1 Å². The predicted octanol–water partition coefficient (Wildman–Crippen LogP) is 4.74. The Bertz CT molecular complexity index is 866. The van der Waals surface area contributed by atoms with Crippen molar-refractivity contribution in [3.63, 3.8) is 0 Å². The van der Waals surface area contributed by atoms with Gasteiger partial charge in [-0.05, 0) is 51.6 Å². The fourth-order valence-corrected chi connectivity index (χ4v) is 2.75. The Balaban J connectivity index is 2.11. The van der Waals surface area contributed by atoms with Crippen molar-refractivity contribution in [2.75, 3.05) is 5.32 Å². The molecule has 0 heterocycles. The number of anilines is 1. The number of hydrogen-bond acceptors (Lipinski definition) is 1. The summed E-state index contributed by atoms with van der Waals surface area (Å²) in [7, 11) is 0. The van der Waals surface area contributed by atoms with Crippen LogP contribution in [0.25, 0.3) is 21.9 Å². The van der Waals surface area contributed by atoms with Crippen LogP contribution in [-0.4, -0.2) is 5.96 Å². The summed E-state index contributed by atoms with van der Waals surface area (Å²) in [4.78, 5) is 0. The largest absolute Gasteiger partial charge is 0.370 e. The minimum Gasteiger partial charge on any atom is -0.370 e. The predicted molar refractivity (Wildman–Crippen MR) is 97.8 cm³/mol. The maximum atomic E-state index is 7.34. The van der Waals surface area contributed by atoms with Crippen LogP contribution in [0.3, 0.4) is 0 Å². The van der Waals surface area contributed by atoms with E-state index >= 15 is 0 Å². The maximum Gasteiger partial charge on any atom is 0.190 e. The van der Waals surface area contributed by atoms with Gasteiger partial charge < -0.3 is 11.1 Å². The molecule has 0 fully saturated rings. The molecule has 0 amide bonds. The van der Waals surface area contributed by atoms with Crippen LogP contribution in [0, 0.1) is 11.5 Å². The number of fused-ring (bicyclic) bond motifs is 1. The molecule has 3 nitrogen and oxygen atoms in total. The number of guanidine groups is 1. The third-order valence-electron chi connectivity index (χ3n) is 3.92. The van der Waals surface area contributed by atoms with Gasteiger partial charge in [0.1, 0.15) is 0 Å². The summed E-state index contributed by atoms with van der Waals surface area (Å²) in [5.74, 6) is 0.400. The van der Waals surface area contributed by atoms with Gasteiger partial charge in [-0.2, -0.15) is 0 Å². The Hall–Kier alpha value is -2.81. The second kappa shape index (κ2) is 6.13. The molecule has 0 aliphatic heterocycles. The smallest absolute Gasteiger partial charge is 0.190 e. The van der Waals surface area contributed by atoms with E-state index in [1.165, 1.54) is 22.1 Å². The molecule has 0 atom stereocenters. The molecule has 0 aromatic heterocycles. The van der Waals surface area contributed by atoms with Crippen LogP contribution in [-0.2, 0) is 0 Å². The van der Waals surface area contributed by atoms with Gasteiger partial charge in [-0.25, -0.2) is 0 Å². The highest BCUT2D eigenvalue weighted by Gasteiger charge is 2.07. The molecule has 0 spiro atoms. The molecule has 0 unspecified atom stereocenters. The van der Waals surface area contributed by atoms with Gasteiger partial charge in [-0.15, -0.1) is 0 Å². The second-order valence-electron chi connectivity index (χ2n) is 5.97. The summed E-state index contributed by atoms with van der Waals surface area (Å²) >= 11 is 0. The first kappa shape index (κ1) is 15.1. The molecular weight excluding hydrogens is 282 g/mol. The normalized spacial score (nSPS) is 10.9. The Morgan fingerprint density at radius 2 is 1.96 bits per heavy atom. The van der Waals surface area contributed by atoms with E-state index in [0.717, 1.165) is 11.1 Å². The van der Waals surface area contributed by atoms with Crippen molar-refractivity contribution in [2.45, 2.75) is 19.8 Å². The van der Waals surface area contributed by atoms with Gasteiger partial charge in [0, 0.05) is 5.69 Å². The topological polar surface area (TPSA) is 61.9 Å². The van der Waals surface area contributed by atoms with Gasteiger partial charge in [0.15, 0.2) is 5.96 Å². The number of benzene rings is 3. The molecule has 115 valence electrons. The lowest BCUT2D eigenvalue weighted by atomic mass is 9.94. The van der Waals surface area contributed by atoms with Crippen LogP contribution in [0.2, 0.25) is 0 Å². The van der Waals surface area contributed by atoms with Crippen molar-refractivity contribution in [3.05, 3.63) is 66.2 Å². The molecule has 3 rings (SSSR count). The van der Waals surface area contributed by atoms with Gasteiger partial charge in [0.2, 0.25) is 0 Å². The van der Waals surface area contributed by atoms with Gasteiger partial charge in [0.25, 0.3) is 0 Å². The monoisotopic (exact) mass is 302 g/mol. The molecule has 3 aromatic rings. The fraction of sp³-hybridized carbons (Fsp3) is 0.150. The van der Waals surface area contributed by atoms with Crippen LogP contribution >= 0.6 is 0 Å². The average Bonchev–Trinajstić information content (AvgIpc) is 2.53. The zero-order valence-corrected chi connectivity index (χ0v) is 13.4. The highest BCUT2D eigenvalue weighted by molar-refractivity contribution is 6.00. The molecule has 0 saturated heterocycles. The summed E-state index contributed by atoms with van der Waals surface area (Å²) in [5, 5.41) is 12.5. The first-order valence-electron chi connectivity index (χ1n) is 7.70. The summed E-state index contributed by atoms with van der Waals surface area (Å²) in [5.41, 5.74) is 9.85. The van der Waals surface area contributed by atoms with Crippen LogP contribution in [0.1, 0.15) is 25.3 Å². The molecule has 0 saturated carbocycles. The summed E-state index contributed by atoms with van der Waals surface area (Å²) < 4.78 is 0. The van der Waals surface area contributed by atoms with Crippen LogP contribution in [0.5, 0.6) is 0 Å². The van der Waals surface area contributed by atoms with E-state index in [1.807, 2.05) is 18.2 Å². The standard InChI is InChI=1S/C20H20N3/c1-13(2)14-5-3-6-15(11-14)18-8-4-7-16-12-17(23-20(21)22)9-10-19(16)18/h3-4,6-13H,1-2H3,(H4,21,22,23). The van der Waals surface area contributed by atoms with Crippen molar-refractivity contribution in [3.8, 4) is 11.1 Å². The Kier molecular flexibility index (Phi) is 4.02. The molecule has 4 N–H and O–H groups in total. The summed E-state index contributed by atoms with van der Waals surface area (Å²) in [6.07, 6.45) is 0. The third-order valence-corrected chi connectivity index (χ3v) is 3.92. The lowest BCUT2D eigenvalue weighted by molar-refractivity contribution is 0.865. The van der Waals surface area contributed by atoms with Gasteiger partial charge >= 0.3 is 0 Å². The van der Waals surface area contributed by atoms with E-state index < -0.39 is 0 Å². The van der Waals surface area contributed by atoms with Crippen molar-refractivity contribution >= 4 is 22.4 Å². The zero-order valence-electron chi connectivity index (χ0n) is 13.4. The molecule has 3 aromatic carbocycles. The number of nitrogens with one attached hydrogen (secondary N) is 2. The number of hydrogen-bond donors (Lipinski definition) is 3. The van der Waals surface area contributed by atoms with E-state index in [-0.39, 0.29) is 5.96 Å². The Labute approximate surface area is 136 Å². The van der Waals surface area contributed by atoms with E-state index in [9.17, 15) is 0 Å². The maximum absolute atomic E-state index is 7.34. The van der Waals surface area contributed by atoms with E-state index in [4.69, 9.17) is 11.1 Å². The van der Waals surface area contributed by atoms with Gasteiger partial charge in [-0.1, -0.05) is 56.3 Å². The van der Waals surface area contributed by atoms with E-state index in [1.54, 1.807) is 0 Å². The molecule has 1 radical (unpaired) electrons. The SMILES string of the molecule is CC(C)c1[c]ccc(-c2cccc3cc(NC(=N)N)ccc23)c1. The van der Waals surface area contributed by atoms with E-state index in [2.05, 4.69) is 61.6 Å². The Morgan fingerprint density at radius 3 is 2.70 bits per heavy atom. The van der Waals surface area contributed by atoms with Crippen molar-refractivity contribution in [1.82, 2.24) is 0 Å². The van der Waals surface area contributed by atoms with Crippen molar-refractivity contribution in [2.24, 2.45) is 5.73 Å². The lowest BCUT2D eigenvalue weighted by Gasteiger charge is -2.12. The second-order valence-corrected chi connectivity index (χ2v) is 5.97. The Morgan fingerprint density at radius 1 is 1.13 bits per heavy atom. The minimum atomic E-state index is -0.0549. The van der Waals surface area contributed by atoms with Crippen molar-refractivity contribution < 1.29 is 0 Å². The molecule has 3 heteroatoms. The summed E-state index contributed by atoms with van der Waals surface area (Å²) in [6.45, 7) is 4.36. The average molecular weight is 302 g/mol. The van der Waals surface area contributed by atoms with Gasteiger partial charge in [-0.3, -0.25) is 5.41 Å². The fourth-order valence-electron chi connectivity index (χ4n) is 2.75. The quantitative estimate of drug-likeness (QED) is 0.483. The third kappa shape index (κ3) is 3.19. The first-order valence-corrected chi connectivity index (χ1v) is 7.70. The number of rotatable bonds is 3. The van der Waals surface area contributed by atoms with Gasteiger partial charge in [0.05, 0.1) is 0 Å². The molecule has 23 heavy (non-hydrogen) atoms. The van der Waals surface area contributed by atoms with E-state index in [0.29, 0.717) is 5.92 Å².